The molecule has 1 aliphatic heterocycles. The molecule has 1 saturated heterocycles. The van der Waals surface area contributed by atoms with Gasteiger partial charge in [-0.1, -0.05) is 25.0 Å². The van der Waals surface area contributed by atoms with Crippen molar-refractivity contribution in [2.45, 2.75) is 31.8 Å². The van der Waals surface area contributed by atoms with E-state index in [-0.39, 0.29) is 12.5 Å². The first-order valence-corrected chi connectivity index (χ1v) is 9.26. The predicted octanol–water partition coefficient (Wildman–Crippen LogP) is 2.11. The van der Waals surface area contributed by atoms with E-state index >= 15 is 0 Å². The summed E-state index contributed by atoms with van der Waals surface area (Å²) in [6.07, 6.45) is 9.28. The van der Waals surface area contributed by atoms with Crippen molar-refractivity contribution in [2.24, 2.45) is 0 Å². The number of β-amino-alcohol motifs (C(OH)–C–C–N with tert-alkyl or cyclic N) is 1. The zero-order chi connectivity index (χ0) is 18.2. The van der Waals surface area contributed by atoms with E-state index in [0.717, 1.165) is 24.2 Å². The molecule has 1 aromatic carbocycles. The van der Waals surface area contributed by atoms with Crippen LogP contribution >= 0.6 is 0 Å². The Morgan fingerprint density at radius 3 is 2.58 bits per heavy atom. The summed E-state index contributed by atoms with van der Waals surface area (Å²) >= 11 is 0. The maximum Gasteiger partial charge on any atom is 0.251 e. The molecule has 2 aromatic rings. The molecule has 1 amide bonds. The van der Waals surface area contributed by atoms with Crippen molar-refractivity contribution in [1.29, 1.82) is 0 Å². The fourth-order valence-electron chi connectivity index (χ4n) is 3.28. The van der Waals surface area contributed by atoms with Gasteiger partial charge in [-0.2, -0.15) is 0 Å². The monoisotopic (exact) mass is 354 g/mol. The van der Waals surface area contributed by atoms with Gasteiger partial charge in [-0.15, -0.1) is 0 Å². The summed E-state index contributed by atoms with van der Waals surface area (Å²) in [6, 6.07) is 7.34. The summed E-state index contributed by atoms with van der Waals surface area (Å²) in [4.78, 5) is 22.7. The summed E-state index contributed by atoms with van der Waals surface area (Å²) in [5.41, 5.74) is 2.32. The molecule has 0 bridgehead atoms. The van der Waals surface area contributed by atoms with Gasteiger partial charge in [0.25, 0.3) is 5.91 Å². The fraction of sp³-hybridized carbons (Fsp3) is 0.450. The Labute approximate surface area is 154 Å². The second kappa shape index (κ2) is 9.40. The van der Waals surface area contributed by atoms with E-state index in [2.05, 4.69) is 20.2 Å². The van der Waals surface area contributed by atoms with Gasteiger partial charge in [-0.3, -0.25) is 4.79 Å². The Hall–Kier alpha value is -2.31. The number of hydrogen-bond donors (Lipinski definition) is 2. The predicted molar refractivity (Wildman–Crippen MR) is 101 cm³/mol. The van der Waals surface area contributed by atoms with Crippen molar-refractivity contribution < 1.29 is 9.90 Å². The number of aromatic nitrogens is 2. The third kappa shape index (κ3) is 5.34. The number of rotatable bonds is 6. The molecular formula is C20H26N4O2. The van der Waals surface area contributed by atoms with E-state index in [1.807, 2.05) is 18.2 Å². The topological polar surface area (TPSA) is 78.4 Å². The summed E-state index contributed by atoms with van der Waals surface area (Å²) in [6.45, 7) is 2.94. The lowest BCUT2D eigenvalue weighted by Gasteiger charge is -2.23. The molecule has 1 aliphatic rings. The van der Waals surface area contributed by atoms with Crippen LogP contribution in [0.1, 0.15) is 36.0 Å². The van der Waals surface area contributed by atoms with Gasteiger partial charge in [0, 0.05) is 36.6 Å². The van der Waals surface area contributed by atoms with Crippen LogP contribution in [0.25, 0.3) is 11.1 Å². The van der Waals surface area contributed by atoms with Crippen LogP contribution in [0.15, 0.2) is 43.0 Å². The van der Waals surface area contributed by atoms with Crippen LogP contribution in [-0.2, 0) is 0 Å². The average Bonchev–Trinajstić information content (AvgIpc) is 2.95. The van der Waals surface area contributed by atoms with Crippen LogP contribution in [0, 0.1) is 0 Å². The lowest BCUT2D eigenvalue weighted by atomic mass is 10.1. The number of carbonyl (C=O) groups excluding carboxylic acids is 1. The molecule has 0 unspecified atom stereocenters. The molecule has 0 saturated carbocycles. The van der Waals surface area contributed by atoms with Gasteiger partial charge in [0.1, 0.15) is 6.33 Å². The smallest absolute Gasteiger partial charge is 0.251 e. The number of hydrogen-bond acceptors (Lipinski definition) is 5. The number of carbonyl (C=O) groups is 1. The van der Waals surface area contributed by atoms with E-state index < -0.39 is 6.10 Å². The summed E-state index contributed by atoms with van der Waals surface area (Å²) < 4.78 is 0. The van der Waals surface area contributed by atoms with Gasteiger partial charge in [-0.25, -0.2) is 9.97 Å². The van der Waals surface area contributed by atoms with Crippen molar-refractivity contribution in [3.63, 3.8) is 0 Å². The molecule has 1 aromatic heterocycles. The molecule has 3 rings (SSSR count). The SMILES string of the molecule is O=C(NC[C@@H](O)CN1CCCCCC1)c1cccc(-c2cncnc2)c1. The van der Waals surface area contributed by atoms with Crippen LogP contribution in [0.5, 0.6) is 0 Å². The number of benzene rings is 1. The van der Waals surface area contributed by atoms with Gasteiger partial charge < -0.3 is 15.3 Å². The van der Waals surface area contributed by atoms with E-state index in [9.17, 15) is 9.90 Å². The molecule has 1 atom stereocenters. The van der Waals surface area contributed by atoms with Crippen molar-refractivity contribution in [3.05, 3.63) is 48.5 Å². The number of nitrogens with zero attached hydrogens (tertiary/aromatic N) is 3. The molecule has 0 radical (unpaired) electrons. The average molecular weight is 354 g/mol. The van der Waals surface area contributed by atoms with Gasteiger partial charge in [0.2, 0.25) is 0 Å². The van der Waals surface area contributed by atoms with Crippen molar-refractivity contribution in [3.8, 4) is 11.1 Å². The molecule has 26 heavy (non-hydrogen) atoms. The highest BCUT2D eigenvalue weighted by Gasteiger charge is 2.15. The molecule has 0 spiro atoms. The zero-order valence-electron chi connectivity index (χ0n) is 15.0. The van der Waals surface area contributed by atoms with E-state index in [1.54, 1.807) is 18.5 Å². The van der Waals surface area contributed by atoms with Crippen LogP contribution < -0.4 is 5.32 Å². The Bertz CT molecular complexity index is 700. The first-order chi connectivity index (χ1) is 12.7. The zero-order valence-corrected chi connectivity index (χ0v) is 15.0. The Balaban J connectivity index is 1.53. The number of nitrogens with one attached hydrogen (secondary N) is 1. The first kappa shape index (κ1) is 18.5. The van der Waals surface area contributed by atoms with Gasteiger partial charge >= 0.3 is 0 Å². The minimum atomic E-state index is -0.553. The molecule has 6 nitrogen and oxygen atoms in total. The highest BCUT2D eigenvalue weighted by atomic mass is 16.3. The van der Waals surface area contributed by atoms with Crippen LogP contribution in [0.3, 0.4) is 0 Å². The Kier molecular flexibility index (Phi) is 6.68. The third-order valence-corrected chi connectivity index (χ3v) is 4.68. The molecular weight excluding hydrogens is 328 g/mol. The van der Waals surface area contributed by atoms with Gasteiger partial charge in [0.15, 0.2) is 0 Å². The number of amides is 1. The molecule has 2 N–H and O–H groups in total. The highest BCUT2D eigenvalue weighted by molar-refractivity contribution is 5.95. The minimum absolute atomic E-state index is 0.182. The third-order valence-electron chi connectivity index (χ3n) is 4.68. The van der Waals surface area contributed by atoms with E-state index in [4.69, 9.17) is 0 Å². The second-order valence-corrected chi connectivity index (χ2v) is 6.79. The Morgan fingerprint density at radius 2 is 1.85 bits per heavy atom. The fourth-order valence-corrected chi connectivity index (χ4v) is 3.28. The summed E-state index contributed by atoms with van der Waals surface area (Å²) in [5.74, 6) is -0.182. The Morgan fingerprint density at radius 1 is 1.12 bits per heavy atom. The lowest BCUT2D eigenvalue weighted by Crippen LogP contribution is -2.40. The number of likely N-dealkylation sites (tertiary alicyclic amines) is 1. The molecule has 138 valence electrons. The van der Waals surface area contributed by atoms with Crippen molar-refractivity contribution in [1.82, 2.24) is 20.2 Å². The molecule has 2 heterocycles. The molecule has 1 fully saturated rings. The number of aliphatic hydroxyl groups excluding tert-OH is 1. The highest BCUT2D eigenvalue weighted by Crippen LogP contribution is 2.18. The summed E-state index contributed by atoms with van der Waals surface area (Å²) in [5, 5.41) is 13.1. The largest absolute Gasteiger partial charge is 0.390 e. The maximum atomic E-state index is 12.4. The van der Waals surface area contributed by atoms with E-state index in [0.29, 0.717) is 12.1 Å². The van der Waals surface area contributed by atoms with Crippen LogP contribution in [0.4, 0.5) is 0 Å². The van der Waals surface area contributed by atoms with Crippen molar-refractivity contribution in [2.75, 3.05) is 26.2 Å². The first-order valence-electron chi connectivity index (χ1n) is 9.26. The maximum absolute atomic E-state index is 12.4. The second-order valence-electron chi connectivity index (χ2n) is 6.79. The van der Waals surface area contributed by atoms with E-state index in [1.165, 1.54) is 32.0 Å². The lowest BCUT2D eigenvalue weighted by molar-refractivity contribution is 0.0862. The quantitative estimate of drug-likeness (QED) is 0.831. The van der Waals surface area contributed by atoms with Gasteiger partial charge in [0.05, 0.1) is 6.10 Å². The number of aliphatic hydroxyl groups is 1. The van der Waals surface area contributed by atoms with Crippen LogP contribution in [-0.4, -0.2) is 58.2 Å². The standard InChI is InChI=1S/C20H26N4O2/c25-19(14-24-8-3-1-2-4-9-24)13-23-20(26)17-7-5-6-16(10-17)18-11-21-15-22-12-18/h5-7,10-12,15,19,25H,1-4,8-9,13-14H2,(H,23,26)/t19-/m1/s1. The normalized spacial score (nSPS) is 16.7. The summed E-state index contributed by atoms with van der Waals surface area (Å²) in [7, 11) is 0. The van der Waals surface area contributed by atoms with Gasteiger partial charge in [-0.05, 0) is 43.6 Å². The van der Waals surface area contributed by atoms with Crippen molar-refractivity contribution >= 4 is 5.91 Å². The minimum Gasteiger partial charge on any atom is -0.390 e. The van der Waals surface area contributed by atoms with Crippen LogP contribution in [0.2, 0.25) is 0 Å². The molecule has 0 aliphatic carbocycles. The molecule has 6 heteroatoms.